The molecule has 2 aromatic carbocycles. The van der Waals surface area contributed by atoms with Crippen molar-refractivity contribution in [1.29, 1.82) is 0 Å². The van der Waals surface area contributed by atoms with Crippen molar-refractivity contribution in [2.45, 2.75) is 38.3 Å². The maximum Gasteiger partial charge on any atom is 0.191 e. The predicted molar refractivity (Wildman–Crippen MR) is 135 cm³/mol. The molecule has 1 saturated heterocycles. The topological polar surface area (TPSA) is 48.9 Å². The van der Waals surface area contributed by atoms with Crippen LogP contribution in [0.2, 0.25) is 0 Å². The zero-order valence-electron chi connectivity index (χ0n) is 18.0. The lowest BCUT2D eigenvalue weighted by atomic mass is 10.0. The van der Waals surface area contributed by atoms with Gasteiger partial charge in [-0.25, -0.2) is 4.39 Å². The second-order valence-electron chi connectivity index (χ2n) is 8.17. The minimum absolute atomic E-state index is 0. The van der Waals surface area contributed by atoms with Gasteiger partial charge in [-0.3, -0.25) is 4.99 Å². The lowest BCUT2D eigenvalue weighted by Crippen LogP contribution is -2.48. The van der Waals surface area contributed by atoms with Gasteiger partial charge >= 0.3 is 0 Å². The van der Waals surface area contributed by atoms with Crippen LogP contribution in [0.5, 0.6) is 5.75 Å². The van der Waals surface area contributed by atoms with E-state index in [0.29, 0.717) is 12.6 Å². The fraction of sp³-hybridized carbons (Fsp3) is 0.458. The molecule has 0 radical (unpaired) electrons. The summed E-state index contributed by atoms with van der Waals surface area (Å²) in [6.45, 7) is 3.28. The Labute approximate surface area is 201 Å². The Bertz CT molecular complexity index is 866. The molecule has 2 fully saturated rings. The van der Waals surface area contributed by atoms with Crippen molar-refractivity contribution < 1.29 is 9.13 Å². The third-order valence-electron chi connectivity index (χ3n) is 5.82. The molecule has 7 heteroatoms. The second kappa shape index (κ2) is 11.5. The van der Waals surface area contributed by atoms with E-state index < -0.39 is 0 Å². The number of guanidine groups is 1. The van der Waals surface area contributed by atoms with Crippen LogP contribution in [0, 0.1) is 11.7 Å². The van der Waals surface area contributed by atoms with Gasteiger partial charge in [0.2, 0.25) is 0 Å². The highest BCUT2D eigenvalue weighted by molar-refractivity contribution is 14.0. The van der Waals surface area contributed by atoms with Gasteiger partial charge in [0.05, 0.1) is 6.61 Å². The molecular formula is C24H32FIN4O. The van der Waals surface area contributed by atoms with Crippen molar-refractivity contribution in [3.05, 3.63) is 59.9 Å². The highest BCUT2D eigenvalue weighted by Crippen LogP contribution is 2.30. The molecule has 2 aromatic rings. The van der Waals surface area contributed by atoms with Gasteiger partial charge in [-0.05, 0) is 55.9 Å². The van der Waals surface area contributed by atoms with Crippen LogP contribution >= 0.6 is 24.0 Å². The predicted octanol–water partition coefficient (Wildman–Crippen LogP) is 4.57. The molecule has 1 aliphatic carbocycles. The molecule has 1 aliphatic heterocycles. The number of anilines is 1. The van der Waals surface area contributed by atoms with Gasteiger partial charge in [-0.2, -0.15) is 0 Å². The van der Waals surface area contributed by atoms with Crippen molar-refractivity contribution in [3.63, 3.8) is 0 Å². The number of rotatable bonds is 7. The Morgan fingerprint density at radius 2 is 1.87 bits per heavy atom. The quantitative estimate of drug-likeness (QED) is 0.308. The first-order valence-electron chi connectivity index (χ1n) is 10.9. The van der Waals surface area contributed by atoms with E-state index in [9.17, 15) is 4.39 Å². The summed E-state index contributed by atoms with van der Waals surface area (Å²) in [4.78, 5) is 6.63. The maximum atomic E-state index is 13.5. The molecule has 168 valence electrons. The summed E-state index contributed by atoms with van der Waals surface area (Å²) in [6.07, 6.45) is 4.54. The zero-order chi connectivity index (χ0) is 20.8. The van der Waals surface area contributed by atoms with E-state index in [1.807, 2.05) is 24.3 Å². The van der Waals surface area contributed by atoms with Gasteiger partial charge in [0, 0.05) is 44.0 Å². The Morgan fingerprint density at radius 3 is 2.58 bits per heavy atom. The zero-order valence-corrected chi connectivity index (χ0v) is 20.3. The Morgan fingerprint density at radius 1 is 1.10 bits per heavy atom. The summed E-state index contributed by atoms with van der Waals surface area (Å²) < 4.78 is 19.5. The third kappa shape index (κ3) is 6.98. The molecule has 0 spiro atoms. The molecule has 1 heterocycles. The summed E-state index contributed by atoms with van der Waals surface area (Å²) in [7, 11) is 1.80. The first-order chi connectivity index (χ1) is 14.7. The normalized spacial score (nSPS) is 17.1. The number of ether oxygens (including phenoxy) is 1. The van der Waals surface area contributed by atoms with Crippen LogP contribution in [0.1, 0.15) is 31.2 Å². The summed E-state index contributed by atoms with van der Waals surface area (Å²) in [5.74, 6) is 2.31. The third-order valence-corrected chi connectivity index (χ3v) is 5.82. The number of hydrogen-bond acceptors (Lipinski definition) is 3. The standard InChI is InChI=1S/C24H31FN4O.HI/c1-26-24(27-16-19-5-2-3-8-23(19)30-17-18-9-10-18)28-21-11-13-29(14-12-21)22-7-4-6-20(25)15-22;/h2-8,15,18,21H,9-14,16-17H2,1H3,(H2,26,27,28);1H. The molecule has 0 bridgehead atoms. The van der Waals surface area contributed by atoms with Gasteiger partial charge < -0.3 is 20.3 Å². The number of nitrogens with one attached hydrogen (secondary N) is 2. The summed E-state index contributed by atoms with van der Waals surface area (Å²) in [5, 5.41) is 6.96. The second-order valence-corrected chi connectivity index (χ2v) is 8.17. The minimum Gasteiger partial charge on any atom is -0.493 e. The van der Waals surface area contributed by atoms with E-state index in [1.54, 1.807) is 19.2 Å². The van der Waals surface area contributed by atoms with Gasteiger partial charge in [-0.15, -0.1) is 24.0 Å². The van der Waals surface area contributed by atoms with E-state index in [2.05, 4.69) is 26.6 Å². The monoisotopic (exact) mass is 538 g/mol. The first kappa shape index (κ1) is 23.6. The van der Waals surface area contributed by atoms with E-state index >= 15 is 0 Å². The largest absolute Gasteiger partial charge is 0.493 e. The van der Waals surface area contributed by atoms with Crippen LogP contribution < -0.4 is 20.3 Å². The first-order valence-corrected chi connectivity index (χ1v) is 10.9. The van der Waals surface area contributed by atoms with Crippen molar-refractivity contribution >= 4 is 35.6 Å². The number of para-hydroxylation sites is 1. The van der Waals surface area contributed by atoms with Crippen LogP contribution in [0.3, 0.4) is 0 Å². The van der Waals surface area contributed by atoms with E-state index in [-0.39, 0.29) is 29.8 Å². The van der Waals surface area contributed by atoms with Gasteiger partial charge in [0.1, 0.15) is 11.6 Å². The average Bonchev–Trinajstić information content (AvgIpc) is 3.61. The number of halogens is 2. The SMILES string of the molecule is CN=C(NCc1ccccc1OCC1CC1)NC1CCN(c2cccc(F)c2)CC1.I. The Balaban J connectivity index is 0.00000272. The molecule has 1 saturated carbocycles. The lowest BCUT2D eigenvalue weighted by molar-refractivity contribution is 0.296. The van der Waals surface area contributed by atoms with Crippen molar-refractivity contribution in [1.82, 2.24) is 10.6 Å². The number of nitrogens with zero attached hydrogens (tertiary/aromatic N) is 2. The van der Waals surface area contributed by atoms with Crippen molar-refractivity contribution in [3.8, 4) is 5.75 Å². The smallest absolute Gasteiger partial charge is 0.191 e. The molecular weight excluding hydrogens is 506 g/mol. The maximum absolute atomic E-state index is 13.5. The molecule has 0 amide bonds. The molecule has 4 rings (SSSR count). The minimum atomic E-state index is -0.182. The van der Waals surface area contributed by atoms with Crippen LogP contribution in [-0.4, -0.2) is 38.7 Å². The lowest BCUT2D eigenvalue weighted by Gasteiger charge is -2.34. The summed E-state index contributed by atoms with van der Waals surface area (Å²) in [6, 6.07) is 15.4. The van der Waals surface area contributed by atoms with Crippen LogP contribution in [0.4, 0.5) is 10.1 Å². The van der Waals surface area contributed by atoms with Gasteiger partial charge in [-0.1, -0.05) is 24.3 Å². The molecule has 0 atom stereocenters. The van der Waals surface area contributed by atoms with Gasteiger partial charge in [0.15, 0.2) is 5.96 Å². The molecule has 31 heavy (non-hydrogen) atoms. The Hall–Kier alpha value is -2.03. The van der Waals surface area contributed by atoms with Crippen molar-refractivity contribution in [2.24, 2.45) is 10.9 Å². The summed E-state index contributed by atoms with van der Waals surface area (Å²) >= 11 is 0. The summed E-state index contributed by atoms with van der Waals surface area (Å²) in [5.41, 5.74) is 2.10. The number of hydrogen-bond donors (Lipinski definition) is 2. The molecule has 2 aliphatic rings. The van der Waals surface area contributed by atoms with Crippen molar-refractivity contribution in [2.75, 3.05) is 31.6 Å². The molecule has 2 N–H and O–H groups in total. The molecule has 0 aromatic heterocycles. The Kier molecular flexibility index (Phi) is 8.80. The van der Waals surface area contributed by atoms with E-state index in [4.69, 9.17) is 4.74 Å². The highest BCUT2D eigenvalue weighted by Gasteiger charge is 2.23. The fourth-order valence-corrected chi connectivity index (χ4v) is 3.80. The highest BCUT2D eigenvalue weighted by atomic mass is 127. The number of aliphatic imine (C=N–C) groups is 1. The number of benzene rings is 2. The van der Waals surface area contributed by atoms with E-state index in [1.165, 1.54) is 18.9 Å². The average molecular weight is 538 g/mol. The van der Waals surface area contributed by atoms with Crippen LogP contribution in [-0.2, 0) is 6.54 Å². The molecule has 5 nitrogen and oxygen atoms in total. The van der Waals surface area contributed by atoms with Crippen LogP contribution in [0.15, 0.2) is 53.5 Å². The number of piperidine rings is 1. The van der Waals surface area contributed by atoms with Gasteiger partial charge in [0.25, 0.3) is 0 Å². The van der Waals surface area contributed by atoms with Crippen LogP contribution in [0.25, 0.3) is 0 Å². The van der Waals surface area contributed by atoms with E-state index in [0.717, 1.165) is 61.4 Å². The fourth-order valence-electron chi connectivity index (χ4n) is 3.80. The molecule has 0 unspecified atom stereocenters.